The second kappa shape index (κ2) is 5.45. The second-order valence-electron chi connectivity index (χ2n) is 5.77. The molecule has 1 rings (SSSR count). The standard InChI is InChI=1S/C12H26N2O2/c1-11(15,10-14(2)3)8-13-9-12(16)6-4-5-7-12/h13,15-16H,4-10H2,1-3H3. The summed E-state index contributed by atoms with van der Waals surface area (Å²) in [6, 6.07) is 0. The monoisotopic (exact) mass is 230 g/mol. The Labute approximate surface area is 98.6 Å². The third kappa shape index (κ3) is 4.78. The predicted molar refractivity (Wildman–Crippen MR) is 65.5 cm³/mol. The van der Waals surface area contributed by atoms with Gasteiger partial charge in [-0.3, -0.25) is 0 Å². The number of nitrogens with zero attached hydrogens (tertiary/aromatic N) is 1. The van der Waals surface area contributed by atoms with Crippen molar-refractivity contribution in [3.05, 3.63) is 0 Å². The Morgan fingerprint density at radius 2 is 1.88 bits per heavy atom. The Balaban J connectivity index is 2.23. The molecule has 0 aromatic heterocycles. The molecule has 0 bridgehead atoms. The van der Waals surface area contributed by atoms with Gasteiger partial charge in [0, 0.05) is 19.6 Å². The topological polar surface area (TPSA) is 55.7 Å². The molecule has 1 aliphatic rings. The van der Waals surface area contributed by atoms with Crippen LogP contribution >= 0.6 is 0 Å². The molecule has 0 saturated heterocycles. The molecule has 0 aromatic carbocycles. The maximum atomic E-state index is 10.1. The lowest BCUT2D eigenvalue weighted by Gasteiger charge is -2.29. The first kappa shape index (κ1) is 13.9. The van der Waals surface area contributed by atoms with E-state index in [0.29, 0.717) is 19.6 Å². The minimum Gasteiger partial charge on any atom is -0.389 e. The molecule has 1 atom stereocenters. The lowest BCUT2D eigenvalue weighted by atomic mass is 10.0. The fourth-order valence-corrected chi connectivity index (χ4v) is 2.51. The molecule has 1 unspecified atom stereocenters. The van der Waals surface area contributed by atoms with Crippen molar-refractivity contribution in [2.75, 3.05) is 33.7 Å². The van der Waals surface area contributed by atoms with Crippen LogP contribution in [0.3, 0.4) is 0 Å². The van der Waals surface area contributed by atoms with E-state index < -0.39 is 11.2 Å². The number of aliphatic hydroxyl groups is 2. The minimum atomic E-state index is -0.738. The fourth-order valence-electron chi connectivity index (χ4n) is 2.51. The highest BCUT2D eigenvalue weighted by molar-refractivity contribution is 4.88. The molecule has 3 N–H and O–H groups in total. The van der Waals surface area contributed by atoms with Gasteiger partial charge in [0.25, 0.3) is 0 Å². The SMILES string of the molecule is CN(C)CC(C)(O)CNCC1(O)CCCC1. The van der Waals surface area contributed by atoms with Gasteiger partial charge in [0.2, 0.25) is 0 Å². The van der Waals surface area contributed by atoms with Gasteiger partial charge in [-0.15, -0.1) is 0 Å². The van der Waals surface area contributed by atoms with Crippen LogP contribution in [0.25, 0.3) is 0 Å². The van der Waals surface area contributed by atoms with Crippen molar-refractivity contribution in [3.63, 3.8) is 0 Å². The summed E-state index contributed by atoms with van der Waals surface area (Å²) in [6.45, 7) is 3.56. The van der Waals surface area contributed by atoms with E-state index in [1.165, 1.54) is 0 Å². The van der Waals surface area contributed by atoms with Crippen LogP contribution in [0.1, 0.15) is 32.6 Å². The summed E-state index contributed by atoms with van der Waals surface area (Å²) in [5.74, 6) is 0. The predicted octanol–water partition coefficient (Wildman–Crippen LogP) is 0.194. The molecule has 0 aromatic rings. The molecule has 16 heavy (non-hydrogen) atoms. The number of hydrogen-bond acceptors (Lipinski definition) is 4. The summed E-state index contributed by atoms with van der Waals surface area (Å²) in [4.78, 5) is 1.96. The quantitative estimate of drug-likeness (QED) is 0.610. The number of likely N-dealkylation sites (N-methyl/N-ethyl adjacent to an activating group) is 1. The van der Waals surface area contributed by atoms with E-state index in [4.69, 9.17) is 0 Å². The summed E-state index contributed by atoms with van der Waals surface area (Å²) in [7, 11) is 3.89. The lowest BCUT2D eigenvalue weighted by molar-refractivity contribution is 0.0155. The highest BCUT2D eigenvalue weighted by Gasteiger charge is 2.31. The van der Waals surface area contributed by atoms with Gasteiger partial charge in [-0.2, -0.15) is 0 Å². The van der Waals surface area contributed by atoms with Gasteiger partial charge < -0.3 is 20.4 Å². The first-order valence-electron chi connectivity index (χ1n) is 6.13. The summed E-state index contributed by atoms with van der Waals surface area (Å²) in [5, 5.41) is 23.4. The maximum absolute atomic E-state index is 10.1. The normalized spacial score (nSPS) is 23.6. The zero-order chi connectivity index (χ0) is 12.2. The molecular formula is C12H26N2O2. The highest BCUT2D eigenvalue weighted by atomic mass is 16.3. The van der Waals surface area contributed by atoms with Gasteiger partial charge in [-0.05, 0) is 33.9 Å². The zero-order valence-corrected chi connectivity index (χ0v) is 10.8. The third-order valence-electron chi connectivity index (χ3n) is 3.15. The molecule has 0 spiro atoms. The Morgan fingerprint density at radius 1 is 1.31 bits per heavy atom. The average molecular weight is 230 g/mol. The van der Waals surface area contributed by atoms with Crippen LogP contribution in [0.4, 0.5) is 0 Å². The van der Waals surface area contributed by atoms with Gasteiger partial charge in [0.05, 0.1) is 11.2 Å². The van der Waals surface area contributed by atoms with Crippen molar-refractivity contribution in [2.45, 2.75) is 43.8 Å². The molecule has 0 aliphatic heterocycles. The minimum absolute atomic E-state index is 0.521. The van der Waals surface area contributed by atoms with Crippen LogP contribution in [0.2, 0.25) is 0 Å². The Bertz CT molecular complexity index is 211. The molecule has 0 radical (unpaired) electrons. The molecule has 4 nitrogen and oxygen atoms in total. The van der Waals surface area contributed by atoms with Crippen molar-refractivity contribution in [3.8, 4) is 0 Å². The Hall–Kier alpha value is -0.160. The van der Waals surface area contributed by atoms with Crippen LogP contribution in [0.5, 0.6) is 0 Å². The van der Waals surface area contributed by atoms with Crippen LogP contribution in [0.15, 0.2) is 0 Å². The Kier molecular flexibility index (Phi) is 4.73. The van der Waals surface area contributed by atoms with Crippen LogP contribution < -0.4 is 5.32 Å². The summed E-state index contributed by atoms with van der Waals surface area (Å²) >= 11 is 0. The molecule has 4 heteroatoms. The largest absolute Gasteiger partial charge is 0.389 e. The molecule has 1 saturated carbocycles. The van der Waals surface area contributed by atoms with E-state index in [9.17, 15) is 10.2 Å². The molecule has 0 heterocycles. The van der Waals surface area contributed by atoms with Gasteiger partial charge in [0.1, 0.15) is 0 Å². The lowest BCUT2D eigenvalue weighted by Crippen LogP contribution is -2.49. The van der Waals surface area contributed by atoms with Crippen LogP contribution in [0, 0.1) is 0 Å². The van der Waals surface area contributed by atoms with Gasteiger partial charge in [0.15, 0.2) is 0 Å². The molecule has 96 valence electrons. The van der Waals surface area contributed by atoms with Crippen molar-refractivity contribution in [1.82, 2.24) is 10.2 Å². The highest BCUT2D eigenvalue weighted by Crippen LogP contribution is 2.28. The zero-order valence-electron chi connectivity index (χ0n) is 10.8. The van der Waals surface area contributed by atoms with E-state index in [-0.39, 0.29) is 0 Å². The summed E-state index contributed by atoms with van der Waals surface area (Å²) in [6.07, 6.45) is 4.00. The van der Waals surface area contributed by atoms with Gasteiger partial charge in [-0.1, -0.05) is 12.8 Å². The number of rotatable bonds is 6. The van der Waals surface area contributed by atoms with Gasteiger partial charge >= 0.3 is 0 Å². The van der Waals surface area contributed by atoms with E-state index >= 15 is 0 Å². The average Bonchev–Trinajstić information content (AvgIpc) is 2.49. The Morgan fingerprint density at radius 3 is 2.38 bits per heavy atom. The maximum Gasteiger partial charge on any atom is 0.0869 e. The number of nitrogens with one attached hydrogen (secondary N) is 1. The molecular weight excluding hydrogens is 204 g/mol. The molecule has 0 amide bonds. The first-order chi connectivity index (χ1) is 7.33. The summed E-state index contributed by atoms with van der Waals surface area (Å²) in [5.41, 5.74) is -1.27. The molecule has 1 aliphatic carbocycles. The van der Waals surface area contributed by atoms with E-state index in [0.717, 1.165) is 25.7 Å². The van der Waals surface area contributed by atoms with E-state index in [2.05, 4.69) is 5.32 Å². The van der Waals surface area contributed by atoms with Crippen molar-refractivity contribution >= 4 is 0 Å². The third-order valence-corrected chi connectivity index (χ3v) is 3.15. The van der Waals surface area contributed by atoms with Crippen molar-refractivity contribution < 1.29 is 10.2 Å². The van der Waals surface area contributed by atoms with E-state index in [1.807, 2.05) is 25.9 Å². The first-order valence-corrected chi connectivity index (χ1v) is 6.13. The van der Waals surface area contributed by atoms with E-state index in [1.54, 1.807) is 0 Å². The second-order valence-corrected chi connectivity index (χ2v) is 5.77. The van der Waals surface area contributed by atoms with Crippen LogP contribution in [-0.4, -0.2) is 60.0 Å². The van der Waals surface area contributed by atoms with Gasteiger partial charge in [-0.25, -0.2) is 0 Å². The molecule has 1 fully saturated rings. The number of hydrogen-bond donors (Lipinski definition) is 3. The van der Waals surface area contributed by atoms with Crippen LogP contribution in [-0.2, 0) is 0 Å². The van der Waals surface area contributed by atoms with Crippen molar-refractivity contribution in [2.24, 2.45) is 0 Å². The fraction of sp³-hybridized carbons (Fsp3) is 1.00. The smallest absolute Gasteiger partial charge is 0.0869 e. The van der Waals surface area contributed by atoms with Crippen molar-refractivity contribution in [1.29, 1.82) is 0 Å². The summed E-state index contributed by atoms with van der Waals surface area (Å²) < 4.78 is 0.